The highest BCUT2D eigenvalue weighted by molar-refractivity contribution is 7.10. The van der Waals surface area contributed by atoms with Crippen LogP contribution in [-0.4, -0.2) is 11.3 Å². The van der Waals surface area contributed by atoms with Crippen molar-refractivity contribution >= 4 is 17.1 Å². The Morgan fingerprint density at radius 3 is 2.75 bits per heavy atom. The van der Waals surface area contributed by atoms with Crippen LogP contribution in [0.15, 0.2) is 11.4 Å². The molecule has 0 unspecified atom stereocenters. The average molecular weight is 181 g/mol. The summed E-state index contributed by atoms with van der Waals surface area (Å²) in [4.78, 5) is 12.8. The van der Waals surface area contributed by atoms with Crippen LogP contribution in [0.3, 0.4) is 0 Å². The zero-order valence-electron chi connectivity index (χ0n) is 6.96. The molecule has 1 fully saturated rings. The molecule has 12 heavy (non-hydrogen) atoms. The van der Waals surface area contributed by atoms with E-state index < -0.39 is 5.54 Å². The number of carbonyl (C=O) groups excluding carboxylic acids is 1. The van der Waals surface area contributed by atoms with Crippen molar-refractivity contribution in [1.82, 2.24) is 0 Å². The summed E-state index contributed by atoms with van der Waals surface area (Å²) in [5.74, 6) is 0.126. The molecule has 64 valence electrons. The summed E-state index contributed by atoms with van der Waals surface area (Å²) in [6.07, 6.45) is 1.70. The van der Waals surface area contributed by atoms with Crippen LogP contribution in [0.25, 0.3) is 0 Å². The van der Waals surface area contributed by atoms with E-state index in [0.717, 1.165) is 23.3 Å². The Balaban J connectivity index is 2.31. The number of rotatable bonds is 2. The van der Waals surface area contributed by atoms with E-state index in [2.05, 4.69) is 0 Å². The number of hydrogen-bond acceptors (Lipinski definition) is 3. The second kappa shape index (κ2) is 2.41. The molecule has 2 rings (SSSR count). The lowest BCUT2D eigenvalue weighted by Gasteiger charge is -2.05. The van der Waals surface area contributed by atoms with Crippen LogP contribution < -0.4 is 5.73 Å². The molecule has 0 amide bonds. The molecule has 1 aromatic rings. The van der Waals surface area contributed by atoms with Gasteiger partial charge in [0, 0.05) is 10.4 Å². The van der Waals surface area contributed by atoms with Gasteiger partial charge in [-0.05, 0) is 31.2 Å². The van der Waals surface area contributed by atoms with Crippen LogP contribution in [0.2, 0.25) is 0 Å². The summed E-state index contributed by atoms with van der Waals surface area (Å²) < 4.78 is 0. The minimum absolute atomic E-state index is 0.126. The number of aryl methyl sites for hydroxylation is 1. The molecule has 0 atom stereocenters. The molecule has 3 heteroatoms. The third-order valence-corrected chi connectivity index (χ3v) is 3.19. The van der Waals surface area contributed by atoms with E-state index in [1.807, 2.05) is 18.4 Å². The van der Waals surface area contributed by atoms with Gasteiger partial charge >= 0.3 is 0 Å². The molecular formula is C9H11NOS. The minimum atomic E-state index is -0.508. The maximum atomic E-state index is 11.7. The van der Waals surface area contributed by atoms with E-state index >= 15 is 0 Å². The Kier molecular flexibility index (Phi) is 1.59. The minimum Gasteiger partial charge on any atom is -0.319 e. The van der Waals surface area contributed by atoms with Crippen LogP contribution in [0, 0.1) is 6.92 Å². The van der Waals surface area contributed by atoms with Crippen LogP contribution >= 0.6 is 11.3 Å². The molecule has 1 saturated carbocycles. The van der Waals surface area contributed by atoms with Gasteiger partial charge in [-0.15, -0.1) is 11.3 Å². The van der Waals surface area contributed by atoms with Crippen molar-refractivity contribution in [2.24, 2.45) is 5.73 Å². The molecule has 0 radical (unpaired) electrons. The van der Waals surface area contributed by atoms with Crippen molar-refractivity contribution in [3.05, 3.63) is 21.9 Å². The van der Waals surface area contributed by atoms with Gasteiger partial charge in [-0.3, -0.25) is 4.79 Å². The Labute approximate surface area is 75.4 Å². The Hall–Kier alpha value is -0.670. The number of ketones is 1. The van der Waals surface area contributed by atoms with Gasteiger partial charge in [-0.2, -0.15) is 0 Å². The molecule has 0 bridgehead atoms. The van der Waals surface area contributed by atoms with E-state index in [9.17, 15) is 4.79 Å². The van der Waals surface area contributed by atoms with Gasteiger partial charge in [-0.25, -0.2) is 0 Å². The first-order valence-corrected chi connectivity index (χ1v) is 4.89. The predicted octanol–water partition coefficient (Wildman–Crippen LogP) is 1.73. The van der Waals surface area contributed by atoms with Crippen molar-refractivity contribution in [2.45, 2.75) is 25.3 Å². The molecule has 0 aromatic carbocycles. The first-order valence-electron chi connectivity index (χ1n) is 4.01. The van der Waals surface area contributed by atoms with Crippen molar-refractivity contribution in [3.8, 4) is 0 Å². The fraction of sp³-hybridized carbons (Fsp3) is 0.444. The van der Waals surface area contributed by atoms with E-state index in [-0.39, 0.29) is 5.78 Å². The smallest absolute Gasteiger partial charge is 0.183 e. The summed E-state index contributed by atoms with van der Waals surface area (Å²) in [5, 5.41) is 1.94. The maximum Gasteiger partial charge on any atom is 0.183 e. The highest BCUT2D eigenvalue weighted by atomic mass is 32.1. The quantitative estimate of drug-likeness (QED) is 0.706. The zero-order chi connectivity index (χ0) is 8.77. The second-order valence-electron chi connectivity index (χ2n) is 3.38. The molecule has 0 saturated heterocycles. The standard InChI is InChI=1S/C9H11NOS/c1-6-7(2-5-12-6)8(11)9(10)3-4-9/h2,5H,3-4,10H2,1H3. The SMILES string of the molecule is Cc1sccc1C(=O)C1(N)CC1. The first kappa shape index (κ1) is 7.95. The topological polar surface area (TPSA) is 43.1 Å². The van der Waals surface area contributed by atoms with Gasteiger partial charge in [0.05, 0.1) is 5.54 Å². The van der Waals surface area contributed by atoms with Crippen LogP contribution in [0.4, 0.5) is 0 Å². The second-order valence-corrected chi connectivity index (χ2v) is 4.50. The molecule has 0 aliphatic heterocycles. The summed E-state index contributed by atoms with van der Waals surface area (Å²) in [7, 11) is 0. The van der Waals surface area contributed by atoms with Gasteiger partial charge in [0.2, 0.25) is 0 Å². The van der Waals surface area contributed by atoms with Crippen molar-refractivity contribution in [2.75, 3.05) is 0 Å². The third kappa shape index (κ3) is 1.09. The molecule has 2 nitrogen and oxygen atoms in total. The van der Waals surface area contributed by atoms with E-state index in [1.54, 1.807) is 11.3 Å². The van der Waals surface area contributed by atoms with E-state index in [1.165, 1.54) is 0 Å². The lowest BCUT2D eigenvalue weighted by molar-refractivity contribution is 0.0949. The molecule has 1 aliphatic rings. The monoisotopic (exact) mass is 181 g/mol. The highest BCUT2D eigenvalue weighted by Gasteiger charge is 2.46. The number of carbonyl (C=O) groups is 1. The summed E-state index contributed by atoms with van der Waals surface area (Å²) in [6, 6.07) is 1.87. The number of thiophene rings is 1. The van der Waals surface area contributed by atoms with E-state index in [0.29, 0.717) is 0 Å². The van der Waals surface area contributed by atoms with Crippen molar-refractivity contribution < 1.29 is 4.79 Å². The zero-order valence-corrected chi connectivity index (χ0v) is 7.78. The largest absolute Gasteiger partial charge is 0.319 e. The Morgan fingerprint density at radius 2 is 2.33 bits per heavy atom. The predicted molar refractivity (Wildman–Crippen MR) is 49.5 cm³/mol. The maximum absolute atomic E-state index is 11.7. The Bertz CT molecular complexity index is 325. The molecule has 0 spiro atoms. The van der Waals surface area contributed by atoms with Gasteiger partial charge in [0.15, 0.2) is 5.78 Å². The first-order chi connectivity index (χ1) is 5.63. The summed E-state index contributed by atoms with van der Waals surface area (Å²) in [6.45, 7) is 1.96. The Morgan fingerprint density at radius 1 is 1.67 bits per heavy atom. The van der Waals surface area contributed by atoms with Gasteiger partial charge < -0.3 is 5.73 Å². The van der Waals surface area contributed by atoms with Gasteiger partial charge in [0.25, 0.3) is 0 Å². The summed E-state index contributed by atoms with van der Waals surface area (Å²) >= 11 is 1.60. The lowest BCUT2D eigenvalue weighted by Crippen LogP contribution is -2.32. The van der Waals surface area contributed by atoms with Gasteiger partial charge in [0.1, 0.15) is 0 Å². The van der Waals surface area contributed by atoms with Crippen LogP contribution in [0.1, 0.15) is 28.1 Å². The highest BCUT2D eigenvalue weighted by Crippen LogP contribution is 2.36. The van der Waals surface area contributed by atoms with E-state index in [4.69, 9.17) is 5.73 Å². The fourth-order valence-electron chi connectivity index (χ4n) is 1.25. The van der Waals surface area contributed by atoms with Gasteiger partial charge in [-0.1, -0.05) is 0 Å². The molecule has 1 aromatic heterocycles. The number of hydrogen-bond donors (Lipinski definition) is 1. The molecule has 2 N–H and O–H groups in total. The van der Waals surface area contributed by atoms with Crippen molar-refractivity contribution in [1.29, 1.82) is 0 Å². The number of nitrogens with two attached hydrogens (primary N) is 1. The third-order valence-electron chi connectivity index (χ3n) is 2.34. The lowest BCUT2D eigenvalue weighted by atomic mass is 10.0. The van der Waals surface area contributed by atoms with Crippen LogP contribution in [0.5, 0.6) is 0 Å². The van der Waals surface area contributed by atoms with Crippen LogP contribution in [-0.2, 0) is 0 Å². The molecule has 1 aliphatic carbocycles. The molecular weight excluding hydrogens is 170 g/mol. The number of Topliss-reactive ketones (excluding diaryl/α,β-unsaturated/α-hetero) is 1. The average Bonchev–Trinajstić information content (AvgIpc) is 2.63. The summed E-state index contributed by atoms with van der Waals surface area (Å²) in [5.41, 5.74) is 6.12. The molecule has 1 heterocycles. The van der Waals surface area contributed by atoms with Crippen molar-refractivity contribution in [3.63, 3.8) is 0 Å². The normalized spacial score (nSPS) is 19.2. The fourth-order valence-corrected chi connectivity index (χ4v) is 1.95.